The molecule has 0 aliphatic carbocycles. The summed E-state index contributed by atoms with van der Waals surface area (Å²) in [5.41, 5.74) is 6.10. The predicted octanol–water partition coefficient (Wildman–Crippen LogP) is 1.91. The molecule has 0 fully saturated rings. The zero-order valence-corrected chi connectivity index (χ0v) is 12.9. The number of fused-ring (bicyclic) bond motifs is 1. The van der Waals surface area contributed by atoms with Crippen LogP contribution in [-0.4, -0.2) is 16.8 Å². The summed E-state index contributed by atoms with van der Waals surface area (Å²) in [7, 11) is 0. The van der Waals surface area contributed by atoms with Gasteiger partial charge in [0, 0.05) is 22.7 Å². The lowest BCUT2D eigenvalue weighted by Crippen LogP contribution is -2.43. The van der Waals surface area contributed by atoms with E-state index in [1.54, 1.807) is 42.5 Å². The van der Waals surface area contributed by atoms with Crippen LogP contribution in [0.15, 0.2) is 59.5 Å². The Kier molecular flexibility index (Phi) is 4.11. The Bertz CT molecular complexity index is 992. The van der Waals surface area contributed by atoms with Gasteiger partial charge in [-0.05, 0) is 31.2 Å². The fraction of sp³-hybridized carbons (Fsp3) is 0.0556. The molecular formula is C18H15N3O3. The smallest absolute Gasteiger partial charge is 0.275 e. The van der Waals surface area contributed by atoms with Crippen LogP contribution in [0.25, 0.3) is 10.9 Å². The van der Waals surface area contributed by atoms with Gasteiger partial charge in [-0.3, -0.25) is 25.2 Å². The van der Waals surface area contributed by atoms with Gasteiger partial charge in [0.25, 0.3) is 11.8 Å². The van der Waals surface area contributed by atoms with Crippen LogP contribution in [0.4, 0.5) is 0 Å². The lowest BCUT2D eigenvalue weighted by Gasteiger charge is -2.08. The Labute approximate surface area is 137 Å². The molecule has 1 heterocycles. The van der Waals surface area contributed by atoms with E-state index < -0.39 is 17.2 Å². The summed E-state index contributed by atoms with van der Waals surface area (Å²) in [6.45, 7) is 1.87. The van der Waals surface area contributed by atoms with Crippen LogP contribution >= 0.6 is 0 Å². The minimum atomic E-state index is -0.678. The Hall–Kier alpha value is -3.41. The number of H-pyrrole nitrogens is 1. The zero-order valence-electron chi connectivity index (χ0n) is 12.9. The maximum atomic E-state index is 12.3. The number of rotatable bonds is 2. The van der Waals surface area contributed by atoms with E-state index in [4.69, 9.17) is 0 Å². The summed E-state index contributed by atoms with van der Waals surface area (Å²) < 4.78 is 0. The van der Waals surface area contributed by atoms with E-state index in [1.165, 1.54) is 6.20 Å². The van der Waals surface area contributed by atoms with Crippen molar-refractivity contribution in [2.24, 2.45) is 0 Å². The summed E-state index contributed by atoms with van der Waals surface area (Å²) in [5.74, 6) is -1.13. The third kappa shape index (κ3) is 3.03. The third-order valence-electron chi connectivity index (χ3n) is 3.60. The lowest BCUT2D eigenvalue weighted by atomic mass is 10.1. The van der Waals surface area contributed by atoms with E-state index in [0.29, 0.717) is 16.5 Å². The molecule has 0 atom stereocenters. The Morgan fingerprint density at radius 2 is 1.71 bits per heavy atom. The molecule has 0 saturated heterocycles. The van der Waals surface area contributed by atoms with Crippen LogP contribution < -0.4 is 16.3 Å². The Balaban J connectivity index is 1.77. The van der Waals surface area contributed by atoms with Gasteiger partial charge in [-0.25, -0.2) is 0 Å². The zero-order chi connectivity index (χ0) is 17.1. The van der Waals surface area contributed by atoms with Crippen molar-refractivity contribution < 1.29 is 9.59 Å². The van der Waals surface area contributed by atoms with Crippen LogP contribution in [0, 0.1) is 6.92 Å². The number of aryl methyl sites for hydroxylation is 1. The van der Waals surface area contributed by atoms with E-state index >= 15 is 0 Å². The fourth-order valence-corrected chi connectivity index (χ4v) is 2.38. The highest BCUT2D eigenvalue weighted by molar-refractivity contribution is 6.00. The minimum Gasteiger partial charge on any atom is -0.360 e. The predicted molar refractivity (Wildman–Crippen MR) is 90.7 cm³/mol. The van der Waals surface area contributed by atoms with Gasteiger partial charge in [0.1, 0.15) is 5.56 Å². The molecule has 3 aromatic rings. The lowest BCUT2D eigenvalue weighted by molar-refractivity contribution is 0.0846. The fourth-order valence-electron chi connectivity index (χ4n) is 2.38. The van der Waals surface area contributed by atoms with Crippen LogP contribution in [0.5, 0.6) is 0 Å². The summed E-state index contributed by atoms with van der Waals surface area (Å²) in [4.78, 5) is 39.4. The molecule has 3 rings (SSSR count). The molecule has 3 N–H and O–H groups in total. The maximum Gasteiger partial charge on any atom is 0.275 e. The van der Waals surface area contributed by atoms with E-state index in [1.807, 2.05) is 13.0 Å². The number of aromatic amines is 1. The number of hydrogen-bond donors (Lipinski definition) is 3. The molecular weight excluding hydrogens is 306 g/mol. The van der Waals surface area contributed by atoms with Crippen molar-refractivity contribution in [3.05, 3.63) is 81.6 Å². The summed E-state index contributed by atoms with van der Waals surface area (Å²) in [6, 6.07) is 13.8. The third-order valence-corrected chi connectivity index (χ3v) is 3.60. The van der Waals surface area contributed by atoms with Crippen molar-refractivity contribution in [1.82, 2.24) is 15.8 Å². The first-order chi connectivity index (χ1) is 11.6. The van der Waals surface area contributed by atoms with E-state index in [-0.39, 0.29) is 5.56 Å². The highest BCUT2D eigenvalue weighted by atomic mass is 16.2. The van der Waals surface area contributed by atoms with Crippen molar-refractivity contribution in [1.29, 1.82) is 0 Å². The normalized spacial score (nSPS) is 10.4. The number of nitrogens with one attached hydrogen (secondary N) is 3. The number of hydrazine groups is 1. The van der Waals surface area contributed by atoms with Crippen molar-refractivity contribution in [3.63, 3.8) is 0 Å². The van der Waals surface area contributed by atoms with Gasteiger partial charge in [0.2, 0.25) is 5.43 Å². The highest BCUT2D eigenvalue weighted by Crippen LogP contribution is 2.07. The molecule has 0 spiro atoms. The standard InChI is InChI=1S/C18H15N3O3/c1-11-5-4-6-12(9-11)17(23)20-21-18(24)14-10-19-15-8-3-2-7-13(15)16(14)22/h2-10H,1H3,(H,19,22)(H,20,23)(H,21,24). The average molecular weight is 321 g/mol. The molecule has 6 nitrogen and oxygen atoms in total. The van der Waals surface area contributed by atoms with Crippen molar-refractivity contribution in [3.8, 4) is 0 Å². The summed E-state index contributed by atoms with van der Waals surface area (Å²) in [6.07, 6.45) is 1.33. The van der Waals surface area contributed by atoms with Gasteiger partial charge in [-0.1, -0.05) is 29.8 Å². The Morgan fingerprint density at radius 3 is 2.50 bits per heavy atom. The number of hydrogen-bond acceptors (Lipinski definition) is 3. The molecule has 0 radical (unpaired) electrons. The maximum absolute atomic E-state index is 12.3. The molecule has 0 aliphatic rings. The second-order valence-corrected chi connectivity index (χ2v) is 5.35. The number of amides is 2. The number of benzene rings is 2. The van der Waals surface area contributed by atoms with E-state index in [9.17, 15) is 14.4 Å². The van der Waals surface area contributed by atoms with Gasteiger partial charge in [-0.15, -0.1) is 0 Å². The molecule has 0 bridgehead atoms. The van der Waals surface area contributed by atoms with Crippen LogP contribution in [0.1, 0.15) is 26.3 Å². The monoisotopic (exact) mass is 321 g/mol. The first kappa shape index (κ1) is 15.5. The van der Waals surface area contributed by atoms with Gasteiger partial charge in [0.15, 0.2) is 0 Å². The second-order valence-electron chi connectivity index (χ2n) is 5.35. The largest absolute Gasteiger partial charge is 0.360 e. The van der Waals surface area contributed by atoms with Crippen molar-refractivity contribution >= 4 is 22.7 Å². The molecule has 24 heavy (non-hydrogen) atoms. The number of carbonyl (C=O) groups excluding carboxylic acids is 2. The highest BCUT2D eigenvalue weighted by Gasteiger charge is 2.14. The van der Waals surface area contributed by atoms with Crippen LogP contribution in [0.2, 0.25) is 0 Å². The second kappa shape index (κ2) is 6.37. The number of pyridine rings is 1. The summed E-state index contributed by atoms with van der Waals surface area (Å²) >= 11 is 0. The Morgan fingerprint density at radius 1 is 0.958 bits per heavy atom. The molecule has 2 amide bonds. The van der Waals surface area contributed by atoms with Crippen LogP contribution in [0.3, 0.4) is 0 Å². The van der Waals surface area contributed by atoms with Crippen molar-refractivity contribution in [2.75, 3.05) is 0 Å². The molecule has 2 aromatic carbocycles. The van der Waals surface area contributed by atoms with E-state index in [2.05, 4.69) is 15.8 Å². The number of carbonyl (C=O) groups is 2. The first-order valence-corrected chi connectivity index (χ1v) is 7.34. The van der Waals surface area contributed by atoms with Gasteiger partial charge in [-0.2, -0.15) is 0 Å². The average Bonchev–Trinajstić information content (AvgIpc) is 2.60. The number of para-hydroxylation sites is 1. The molecule has 0 unspecified atom stereocenters. The van der Waals surface area contributed by atoms with Gasteiger partial charge >= 0.3 is 0 Å². The molecule has 6 heteroatoms. The topological polar surface area (TPSA) is 91.1 Å². The SMILES string of the molecule is Cc1cccc(C(=O)NNC(=O)c2c[nH]c3ccccc3c2=O)c1. The number of aromatic nitrogens is 1. The molecule has 0 aliphatic heterocycles. The molecule has 1 aromatic heterocycles. The minimum absolute atomic E-state index is 0.0711. The van der Waals surface area contributed by atoms with Crippen LogP contribution in [-0.2, 0) is 0 Å². The quantitative estimate of drug-likeness (QED) is 0.630. The summed E-state index contributed by atoms with van der Waals surface area (Å²) in [5, 5.41) is 0.412. The van der Waals surface area contributed by atoms with Crippen molar-refractivity contribution in [2.45, 2.75) is 6.92 Å². The van der Waals surface area contributed by atoms with Gasteiger partial charge in [0.05, 0.1) is 0 Å². The first-order valence-electron chi connectivity index (χ1n) is 7.34. The van der Waals surface area contributed by atoms with Gasteiger partial charge < -0.3 is 4.98 Å². The molecule has 120 valence electrons. The van der Waals surface area contributed by atoms with E-state index in [0.717, 1.165) is 5.56 Å². The molecule has 0 saturated carbocycles.